The summed E-state index contributed by atoms with van der Waals surface area (Å²) in [6.07, 6.45) is 6.34. The summed E-state index contributed by atoms with van der Waals surface area (Å²) in [6, 6.07) is 15.5. The minimum atomic E-state index is -0.139. The molecule has 5 heteroatoms. The second-order valence-electron chi connectivity index (χ2n) is 6.64. The third kappa shape index (κ3) is 3.68. The van der Waals surface area contributed by atoms with E-state index < -0.39 is 0 Å². The molecule has 0 atom stereocenters. The van der Waals surface area contributed by atoms with Crippen LogP contribution in [-0.4, -0.2) is 17.9 Å². The minimum Gasteiger partial charge on any atom is -0.349 e. The van der Waals surface area contributed by atoms with Crippen molar-refractivity contribution in [3.63, 3.8) is 0 Å². The number of carbonyl (C=O) groups is 2. The Labute approximate surface area is 157 Å². The second-order valence-corrected chi connectivity index (χ2v) is 7.73. The van der Waals surface area contributed by atoms with Gasteiger partial charge in [0.2, 0.25) is 0 Å². The quantitative estimate of drug-likeness (QED) is 0.792. The van der Waals surface area contributed by atoms with E-state index >= 15 is 0 Å². The fourth-order valence-electron chi connectivity index (χ4n) is 3.34. The molecule has 2 N–H and O–H groups in total. The molecule has 1 aliphatic heterocycles. The Bertz CT molecular complexity index is 871. The normalized spacial score (nSPS) is 18.5. The topological polar surface area (TPSA) is 58.2 Å². The highest BCUT2D eigenvalue weighted by Crippen LogP contribution is 2.39. The van der Waals surface area contributed by atoms with E-state index in [1.165, 1.54) is 24.6 Å². The molecule has 1 fully saturated rings. The maximum atomic E-state index is 12.4. The predicted molar refractivity (Wildman–Crippen MR) is 105 cm³/mol. The monoisotopic (exact) mass is 364 g/mol. The van der Waals surface area contributed by atoms with Gasteiger partial charge in [0.05, 0.1) is 10.6 Å². The molecule has 26 heavy (non-hydrogen) atoms. The van der Waals surface area contributed by atoms with Gasteiger partial charge in [-0.3, -0.25) is 9.59 Å². The van der Waals surface area contributed by atoms with Gasteiger partial charge in [0, 0.05) is 16.5 Å². The number of carbonyl (C=O) groups excluding carboxylic acids is 2. The maximum Gasteiger partial charge on any atom is 0.262 e. The summed E-state index contributed by atoms with van der Waals surface area (Å²) < 4.78 is 0. The van der Waals surface area contributed by atoms with Crippen LogP contribution in [0.4, 0.5) is 5.69 Å². The smallest absolute Gasteiger partial charge is 0.262 e. The standard InChI is InChI=1S/C21H20N2O2S/c24-20(22-16-8-4-5-9-16)15-10-11-18-17(13-15)23-21(25)19(26-18)12-14-6-2-1-3-7-14/h1-3,6-7,10-13,16H,4-5,8-9H2,(H,22,24)(H,23,25)/b19-12-. The van der Waals surface area contributed by atoms with Crippen LogP contribution in [0.15, 0.2) is 58.3 Å². The molecular formula is C21H20N2O2S. The number of anilines is 1. The first-order valence-electron chi connectivity index (χ1n) is 8.90. The Balaban J connectivity index is 1.53. The fraction of sp³-hybridized carbons (Fsp3) is 0.238. The summed E-state index contributed by atoms with van der Waals surface area (Å²) in [6.45, 7) is 0. The van der Waals surface area contributed by atoms with Crippen molar-refractivity contribution in [2.75, 3.05) is 5.32 Å². The highest BCUT2D eigenvalue weighted by atomic mass is 32.2. The lowest BCUT2D eigenvalue weighted by atomic mass is 10.1. The Morgan fingerprint density at radius 3 is 2.65 bits per heavy atom. The molecule has 0 bridgehead atoms. The molecule has 0 radical (unpaired) electrons. The van der Waals surface area contributed by atoms with Crippen molar-refractivity contribution in [1.82, 2.24) is 5.32 Å². The highest BCUT2D eigenvalue weighted by molar-refractivity contribution is 8.04. The number of thioether (sulfide) groups is 1. The van der Waals surface area contributed by atoms with Crippen LogP contribution in [0.2, 0.25) is 0 Å². The molecule has 1 heterocycles. The molecule has 0 spiro atoms. The van der Waals surface area contributed by atoms with E-state index in [9.17, 15) is 9.59 Å². The number of benzene rings is 2. The van der Waals surface area contributed by atoms with Gasteiger partial charge in [-0.25, -0.2) is 0 Å². The summed E-state index contributed by atoms with van der Waals surface area (Å²) in [5, 5.41) is 6.00. The SMILES string of the molecule is O=C1Nc2cc(C(=O)NC3CCCC3)ccc2S/C1=C\c1ccccc1. The van der Waals surface area contributed by atoms with Crippen LogP contribution >= 0.6 is 11.8 Å². The molecule has 1 saturated carbocycles. The lowest BCUT2D eigenvalue weighted by Gasteiger charge is -2.20. The average molecular weight is 364 g/mol. The summed E-state index contributed by atoms with van der Waals surface area (Å²) >= 11 is 1.43. The molecule has 2 amide bonds. The van der Waals surface area contributed by atoms with Crippen LogP contribution in [-0.2, 0) is 4.79 Å². The third-order valence-electron chi connectivity index (χ3n) is 4.72. The first-order valence-corrected chi connectivity index (χ1v) is 9.71. The van der Waals surface area contributed by atoms with Gasteiger partial charge in [-0.15, -0.1) is 0 Å². The van der Waals surface area contributed by atoms with Gasteiger partial charge in [0.25, 0.3) is 11.8 Å². The van der Waals surface area contributed by atoms with Crippen LogP contribution in [0.25, 0.3) is 6.08 Å². The zero-order chi connectivity index (χ0) is 17.9. The van der Waals surface area contributed by atoms with E-state index in [1.807, 2.05) is 48.5 Å². The summed E-state index contributed by atoms with van der Waals surface area (Å²) in [4.78, 5) is 26.4. The Morgan fingerprint density at radius 1 is 1.12 bits per heavy atom. The minimum absolute atomic E-state index is 0.0652. The lowest BCUT2D eigenvalue weighted by Crippen LogP contribution is -2.32. The molecule has 4 rings (SSSR count). The van der Waals surface area contributed by atoms with E-state index in [2.05, 4.69) is 10.6 Å². The molecule has 2 aromatic rings. The Kier molecular flexibility index (Phi) is 4.80. The van der Waals surface area contributed by atoms with Crippen LogP contribution in [0.1, 0.15) is 41.6 Å². The third-order valence-corrected chi connectivity index (χ3v) is 5.82. The summed E-state index contributed by atoms with van der Waals surface area (Å²) in [5.41, 5.74) is 2.28. The maximum absolute atomic E-state index is 12.4. The number of fused-ring (bicyclic) bond motifs is 1. The Hall–Kier alpha value is -2.53. The largest absolute Gasteiger partial charge is 0.349 e. The average Bonchev–Trinajstić information content (AvgIpc) is 3.16. The summed E-state index contributed by atoms with van der Waals surface area (Å²) in [7, 11) is 0. The van der Waals surface area contributed by atoms with Crippen molar-refractivity contribution in [1.29, 1.82) is 0 Å². The van der Waals surface area contributed by atoms with Crippen molar-refractivity contribution in [2.45, 2.75) is 36.6 Å². The van der Waals surface area contributed by atoms with Crippen molar-refractivity contribution < 1.29 is 9.59 Å². The molecule has 0 aromatic heterocycles. The van der Waals surface area contributed by atoms with E-state index in [0.29, 0.717) is 16.2 Å². The number of nitrogens with one attached hydrogen (secondary N) is 2. The van der Waals surface area contributed by atoms with Crippen molar-refractivity contribution in [3.8, 4) is 0 Å². The molecule has 132 valence electrons. The number of rotatable bonds is 3. The van der Waals surface area contributed by atoms with Crippen LogP contribution in [0.5, 0.6) is 0 Å². The number of amides is 2. The lowest BCUT2D eigenvalue weighted by molar-refractivity contribution is -0.112. The number of hydrogen-bond acceptors (Lipinski definition) is 3. The zero-order valence-corrected chi connectivity index (χ0v) is 15.1. The van der Waals surface area contributed by atoms with Crippen molar-refractivity contribution in [3.05, 3.63) is 64.6 Å². The van der Waals surface area contributed by atoms with Gasteiger partial charge < -0.3 is 10.6 Å². The molecule has 0 saturated heterocycles. The van der Waals surface area contributed by atoms with E-state index in [4.69, 9.17) is 0 Å². The Morgan fingerprint density at radius 2 is 1.88 bits per heavy atom. The van der Waals surface area contributed by atoms with Gasteiger partial charge in [-0.2, -0.15) is 0 Å². The van der Waals surface area contributed by atoms with Crippen molar-refractivity contribution >= 4 is 35.3 Å². The molecular weight excluding hydrogens is 344 g/mol. The number of hydrogen-bond donors (Lipinski definition) is 2. The molecule has 4 nitrogen and oxygen atoms in total. The predicted octanol–water partition coefficient (Wildman–Crippen LogP) is 4.44. The molecule has 0 unspecified atom stereocenters. The van der Waals surface area contributed by atoms with Gasteiger partial charge >= 0.3 is 0 Å². The molecule has 2 aliphatic rings. The van der Waals surface area contributed by atoms with E-state index in [0.717, 1.165) is 23.3 Å². The first-order chi connectivity index (χ1) is 12.7. The van der Waals surface area contributed by atoms with E-state index in [-0.39, 0.29) is 17.9 Å². The fourth-order valence-corrected chi connectivity index (χ4v) is 4.27. The highest BCUT2D eigenvalue weighted by Gasteiger charge is 2.23. The summed E-state index contributed by atoms with van der Waals surface area (Å²) in [5.74, 6) is -0.204. The van der Waals surface area contributed by atoms with Crippen LogP contribution < -0.4 is 10.6 Å². The van der Waals surface area contributed by atoms with Gasteiger partial charge in [0.1, 0.15) is 0 Å². The van der Waals surface area contributed by atoms with Crippen LogP contribution in [0.3, 0.4) is 0 Å². The van der Waals surface area contributed by atoms with Gasteiger partial charge in [-0.05, 0) is 42.7 Å². The molecule has 1 aliphatic carbocycles. The molecule has 2 aromatic carbocycles. The van der Waals surface area contributed by atoms with Crippen LogP contribution in [0, 0.1) is 0 Å². The van der Waals surface area contributed by atoms with Crippen molar-refractivity contribution in [2.24, 2.45) is 0 Å². The van der Waals surface area contributed by atoms with E-state index in [1.54, 1.807) is 6.07 Å². The zero-order valence-electron chi connectivity index (χ0n) is 14.3. The van der Waals surface area contributed by atoms with Gasteiger partial charge in [-0.1, -0.05) is 54.9 Å². The van der Waals surface area contributed by atoms with Gasteiger partial charge in [0.15, 0.2) is 0 Å². The second kappa shape index (κ2) is 7.38. The first kappa shape index (κ1) is 16.9.